The largest absolute Gasteiger partial charge is 0.396 e. The highest BCUT2D eigenvalue weighted by atomic mass is 19.1. The highest BCUT2D eigenvalue weighted by molar-refractivity contribution is 5.75. The molecule has 2 rings (SSSR count). The summed E-state index contributed by atoms with van der Waals surface area (Å²) in [6.07, 6.45) is 1.33. The molecule has 4 nitrogen and oxygen atoms in total. The smallest absolute Gasteiger partial charge is 0.317 e. The molecule has 1 saturated carbocycles. The number of aliphatic hydroxyl groups excluding tert-OH is 1. The van der Waals surface area contributed by atoms with E-state index in [9.17, 15) is 9.18 Å². The first kappa shape index (κ1) is 17.7. The van der Waals surface area contributed by atoms with Gasteiger partial charge in [-0.1, -0.05) is 39.0 Å². The van der Waals surface area contributed by atoms with Crippen LogP contribution in [0, 0.1) is 11.2 Å². The van der Waals surface area contributed by atoms with E-state index in [-0.39, 0.29) is 35.8 Å². The van der Waals surface area contributed by atoms with Gasteiger partial charge in [0.25, 0.3) is 0 Å². The fourth-order valence-corrected chi connectivity index (χ4v) is 2.81. The van der Waals surface area contributed by atoms with Crippen LogP contribution in [0.5, 0.6) is 0 Å². The van der Waals surface area contributed by atoms with Gasteiger partial charge in [0, 0.05) is 31.7 Å². The zero-order chi connectivity index (χ0) is 17.0. The Morgan fingerprint density at radius 2 is 2.09 bits per heavy atom. The molecule has 1 fully saturated rings. The molecule has 0 heterocycles. The fraction of sp³-hybridized carbons (Fsp3) is 0.611. The number of carbonyl (C=O) groups is 1. The second-order valence-corrected chi connectivity index (χ2v) is 7.48. The van der Waals surface area contributed by atoms with E-state index in [0.29, 0.717) is 25.1 Å². The molecular weight excluding hydrogens is 295 g/mol. The molecule has 1 aliphatic rings. The van der Waals surface area contributed by atoms with E-state index in [2.05, 4.69) is 26.1 Å². The standard InChI is InChI=1S/C18H27FN2O2/c1-18(2,3)12-21(9-6-10-22)17(23)20-16-11-14(16)13-7-4-5-8-15(13)19/h4-5,7-8,14,16,22H,6,9-12H2,1-3H3,(H,20,23). The van der Waals surface area contributed by atoms with Gasteiger partial charge in [-0.05, 0) is 29.9 Å². The summed E-state index contributed by atoms with van der Waals surface area (Å²) in [6.45, 7) is 7.43. The van der Waals surface area contributed by atoms with Crippen molar-refractivity contribution in [3.63, 3.8) is 0 Å². The van der Waals surface area contributed by atoms with Crippen molar-refractivity contribution >= 4 is 6.03 Å². The molecule has 0 saturated heterocycles. The minimum Gasteiger partial charge on any atom is -0.396 e. The molecule has 1 aliphatic carbocycles. The summed E-state index contributed by atoms with van der Waals surface area (Å²) >= 11 is 0. The number of hydrogen-bond donors (Lipinski definition) is 2. The van der Waals surface area contributed by atoms with Crippen molar-refractivity contribution in [1.29, 1.82) is 0 Å². The topological polar surface area (TPSA) is 52.6 Å². The van der Waals surface area contributed by atoms with Gasteiger partial charge in [-0.25, -0.2) is 9.18 Å². The number of nitrogens with one attached hydrogen (secondary N) is 1. The van der Waals surface area contributed by atoms with E-state index in [1.54, 1.807) is 17.0 Å². The first-order valence-electron chi connectivity index (χ1n) is 8.22. The summed E-state index contributed by atoms with van der Waals surface area (Å²) < 4.78 is 13.8. The summed E-state index contributed by atoms with van der Waals surface area (Å²) in [4.78, 5) is 14.2. The van der Waals surface area contributed by atoms with Crippen molar-refractivity contribution in [2.24, 2.45) is 5.41 Å². The number of aliphatic hydroxyl groups is 1. The van der Waals surface area contributed by atoms with Gasteiger partial charge in [-0.2, -0.15) is 0 Å². The molecular formula is C18H27FN2O2. The third-order valence-corrected chi connectivity index (χ3v) is 3.94. The van der Waals surface area contributed by atoms with Crippen molar-refractivity contribution < 1.29 is 14.3 Å². The van der Waals surface area contributed by atoms with Gasteiger partial charge >= 0.3 is 6.03 Å². The summed E-state index contributed by atoms with van der Waals surface area (Å²) in [5, 5.41) is 12.0. The minimum absolute atomic E-state index is 0.00371. The molecule has 2 N–H and O–H groups in total. The van der Waals surface area contributed by atoms with Crippen molar-refractivity contribution in [2.45, 2.75) is 45.6 Å². The van der Waals surface area contributed by atoms with E-state index in [1.165, 1.54) is 6.07 Å². The molecule has 2 unspecified atom stereocenters. The summed E-state index contributed by atoms with van der Waals surface area (Å²) in [6, 6.07) is 6.61. The van der Waals surface area contributed by atoms with Crippen molar-refractivity contribution in [2.75, 3.05) is 19.7 Å². The highest BCUT2D eigenvalue weighted by Crippen LogP contribution is 2.41. The van der Waals surface area contributed by atoms with Gasteiger partial charge in [-0.15, -0.1) is 0 Å². The van der Waals surface area contributed by atoms with Crippen LogP contribution in [0.15, 0.2) is 24.3 Å². The number of carbonyl (C=O) groups excluding carboxylic acids is 1. The van der Waals surface area contributed by atoms with E-state index in [1.807, 2.05) is 6.07 Å². The lowest BCUT2D eigenvalue weighted by Gasteiger charge is -2.30. The van der Waals surface area contributed by atoms with E-state index >= 15 is 0 Å². The van der Waals surface area contributed by atoms with Gasteiger partial charge in [0.1, 0.15) is 5.82 Å². The van der Waals surface area contributed by atoms with Crippen LogP contribution >= 0.6 is 0 Å². The first-order valence-corrected chi connectivity index (χ1v) is 8.22. The molecule has 1 aromatic rings. The summed E-state index contributed by atoms with van der Waals surface area (Å²) in [5.41, 5.74) is 0.664. The van der Waals surface area contributed by atoms with Crippen LogP contribution in [0.4, 0.5) is 9.18 Å². The maximum absolute atomic E-state index is 13.8. The quantitative estimate of drug-likeness (QED) is 0.845. The molecule has 0 bridgehead atoms. The van der Waals surface area contributed by atoms with Crippen LogP contribution in [0.3, 0.4) is 0 Å². The van der Waals surface area contributed by atoms with E-state index < -0.39 is 0 Å². The maximum Gasteiger partial charge on any atom is 0.317 e. The lowest BCUT2D eigenvalue weighted by atomic mass is 9.96. The van der Waals surface area contributed by atoms with E-state index in [0.717, 1.165) is 6.42 Å². The monoisotopic (exact) mass is 322 g/mol. The Morgan fingerprint density at radius 3 is 2.70 bits per heavy atom. The van der Waals surface area contributed by atoms with Crippen molar-refractivity contribution in [1.82, 2.24) is 10.2 Å². The Morgan fingerprint density at radius 1 is 1.39 bits per heavy atom. The van der Waals surface area contributed by atoms with Gasteiger partial charge in [0.05, 0.1) is 0 Å². The van der Waals surface area contributed by atoms with Crippen LogP contribution in [-0.2, 0) is 0 Å². The number of nitrogens with zero attached hydrogens (tertiary/aromatic N) is 1. The second kappa shape index (κ2) is 7.30. The maximum atomic E-state index is 13.8. The number of halogens is 1. The second-order valence-electron chi connectivity index (χ2n) is 7.48. The third kappa shape index (κ3) is 5.20. The number of hydrogen-bond acceptors (Lipinski definition) is 2. The zero-order valence-electron chi connectivity index (χ0n) is 14.2. The predicted molar refractivity (Wildman–Crippen MR) is 88.8 cm³/mol. The Kier molecular flexibility index (Phi) is 5.63. The molecule has 2 atom stereocenters. The number of benzene rings is 1. The number of amides is 2. The van der Waals surface area contributed by atoms with Gasteiger partial charge in [0.15, 0.2) is 0 Å². The molecule has 0 spiro atoms. The van der Waals surface area contributed by atoms with Gasteiger partial charge < -0.3 is 15.3 Å². The van der Waals surface area contributed by atoms with Gasteiger partial charge in [-0.3, -0.25) is 0 Å². The van der Waals surface area contributed by atoms with Crippen LogP contribution < -0.4 is 5.32 Å². The summed E-state index contributed by atoms with van der Waals surface area (Å²) in [5.74, 6) is -0.143. The van der Waals surface area contributed by atoms with Crippen LogP contribution in [0.25, 0.3) is 0 Å². The molecule has 23 heavy (non-hydrogen) atoms. The van der Waals surface area contributed by atoms with Gasteiger partial charge in [0.2, 0.25) is 0 Å². The van der Waals surface area contributed by atoms with Crippen LogP contribution in [-0.4, -0.2) is 41.8 Å². The van der Waals surface area contributed by atoms with E-state index in [4.69, 9.17) is 5.11 Å². The zero-order valence-corrected chi connectivity index (χ0v) is 14.2. The molecule has 0 aromatic heterocycles. The third-order valence-electron chi connectivity index (χ3n) is 3.94. The SMILES string of the molecule is CC(C)(C)CN(CCCO)C(=O)NC1CC1c1ccccc1F. The molecule has 128 valence electrons. The predicted octanol–water partition coefficient (Wildman–Crippen LogP) is 3.12. The molecule has 0 aliphatic heterocycles. The average Bonchev–Trinajstić information content (AvgIpc) is 3.21. The molecule has 2 amide bonds. The lowest BCUT2D eigenvalue weighted by molar-refractivity contribution is 0.164. The van der Waals surface area contributed by atoms with Crippen molar-refractivity contribution in [3.8, 4) is 0 Å². The number of urea groups is 1. The highest BCUT2D eigenvalue weighted by Gasteiger charge is 2.41. The average molecular weight is 322 g/mol. The fourth-order valence-electron chi connectivity index (χ4n) is 2.81. The Balaban J connectivity index is 1.93. The number of rotatable bonds is 6. The van der Waals surface area contributed by atoms with Crippen molar-refractivity contribution in [3.05, 3.63) is 35.6 Å². The summed E-state index contributed by atoms with van der Waals surface area (Å²) in [7, 11) is 0. The van der Waals surface area contributed by atoms with Crippen LogP contribution in [0.2, 0.25) is 0 Å². The minimum atomic E-state index is -0.207. The lowest BCUT2D eigenvalue weighted by Crippen LogP contribution is -2.45. The van der Waals surface area contributed by atoms with Crippen LogP contribution in [0.1, 0.15) is 45.1 Å². The molecule has 0 radical (unpaired) electrons. The molecule has 1 aromatic carbocycles. The Bertz CT molecular complexity index is 542. The first-order chi connectivity index (χ1) is 10.8. The Labute approximate surface area is 137 Å². The molecule has 5 heteroatoms. The normalized spacial score (nSPS) is 20.2. The Hall–Kier alpha value is -1.62.